The number of aromatic nitrogens is 3. The first-order valence-corrected chi connectivity index (χ1v) is 5.08. The summed E-state index contributed by atoms with van der Waals surface area (Å²) in [6.45, 7) is 0.464. The first-order chi connectivity index (χ1) is 7.25. The van der Waals surface area contributed by atoms with Crippen LogP contribution in [0.15, 0.2) is 29.0 Å². The van der Waals surface area contributed by atoms with Crippen LogP contribution in [0.4, 0.5) is 10.2 Å². The van der Waals surface area contributed by atoms with E-state index in [-0.39, 0.29) is 11.6 Å². The number of nitrogens with one attached hydrogen (secondary N) is 2. The number of anilines is 1. The SMILES string of the molecule is Fc1cc(Br)cnc1NCc1ccn[nH]1. The predicted octanol–water partition coefficient (Wildman–Crippen LogP) is 2.32. The maximum Gasteiger partial charge on any atom is 0.166 e. The van der Waals surface area contributed by atoms with Crippen LogP contribution in [0, 0.1) is 5.82 Å². The van der Waals surface area contributed by atoms with Crippen molar-refractivity contribution in [3.8, 4) is 0 Å². The highest BCUT2D eigenvalue weighted by Crippen LogP contribution is 2.16. The minimum absolute atomic E-state index is 0.229. The third kappa shape index (κ3) is 2.53. The highest BCUT2D eigenvalue weighted by molar-refractivity contribution is 9.10. The van der Waals surface area contributed by atoms with Crippen molar-refractivity contribution in [2.45, 2.75) is 6.54 Å². The van der Waals surface area contributed by atoms with Crippen molar-refractivity contribution < 1.29 is 4.39 Å². The zero-order chi connectivity index (χ0) is 10.7. The van der Waals surface area contributed by atoms with Crippen molar-refractivity contribution in [3.63, 3.8) is 0 Å². The highest BCUT2D eigenvalue weighted by atomic mass is 79.9. The molecular weight excluding hydrogens is 263 g/mol. The van der Waals surface area contributed by atoms with Gasteiger partial charge in [-0.2, -0.15) is 5.10 Å². The molecule has 4 nitrogen and oxygen atoms in total. The van der Waals surface area contributed by atoms with Gasteiger partial charge in [0.2, 0.25) is 0 Å². The van der Waals surface area contributed by atoms with Crippen LogP contribution in [0.25, 0.3) is 0 Å². The van der Waals surface area contributed by atoms with Crippen molar-refractivity contribution >= 4 is 21.7 Å². The van der Waals surface area contributed by atoms with Crippen molar-refractivity contribution in [1.82, 2.24) is 15.2 Å². The Labute approximate surface area is 94.1 Å². The van der Waals surface area contributed by atoms with E-state index in [1.54, 1.807) is 12.4 Å². The lowest BCUT2D eigenvalue weighted by molar-refractivity contribution is 0.623. The number of pyridine rings is 1. The van der Waals surface area contributed by atoms with Crippen LogP contribution in [0.5, 0.6) is 0 Å². The Morgan fingerprint density at radius 1 is 1.53 bits per heavy atom. The van der Waals surface area contributed by atoms with E-state index >= 15 is 0 Å². The van der Waals surface area contributed by atoms with Crippen molar-refractivity contribution in [2.75, 3.05) is 5.32 Å². The van der Waals surface area contributed by atoms with E-state index in [1.807, 2.05) is 6.07 Å². The minimum atomic E-state index is -0.385. The van der Waals surface area contributed by atoms with E-state index in [2.05, 4.69) is 36.4 Å². The van der Waals surface area contributed by atoms with Crippen LogP contribution in [0.2, 0.25) is 0 Å². The number of hydrogen-bond donors (Lipinski definition) is 2. The third-order valence-corrected chi connectivity index (χ3v) is 2.25. The van der Waals surface area contributed by atoms with Gasteiger partial charge >= 0.3 is 0 Å². The van der Waals surface area contributed by atoms with Gasteiger partial charge in [-0.15, -0.1) is 0 Å². The molecule has 0 aliphatic carbocycles. The summed E-state index contributed by atoms with van der Waals surface area (Å²) >= 11 is 3.14. The zero-order valence-electron chi connectivity index (χ0n) is 7.67. The number of nitrogens with zero attached hydrogens (tertiary/aromatic N) is 2. The number of halogens is 2. The van der Waals surface area contributed by atoms with Gasteiger partial charge in [-0.3, -0.25) is 5.10 Å². The van der Waals surface area contributed by atoms with E-state index in [0.717, 1.165) is 5.69 Å². The second-order valence-electron chi connectivity index (χ2n) is 2.92. The maximum absolute atomic E-state index is 13.3. The highest BCUT2D eigenvalue weighted by Gasteiger charge is 2.03. The normalized spacial score (nSPS) is 10.3. The third-order valence-electron chi connectivity index (χ3n) is 1.81. The number of hydrogen-bond acceptors (Lipinski definition) is 3. The zero-order valence-corrected chi connectivity index (χ0v) is 9.25. The molecule has 2 N–H and O–H groups in total. The summed E-state index contributed by atoms with van der Waals surface area (Å²) in [6.07, 6.45) is 3.18. The molecule has 0 aliphatic heterocycles. The molecular formula is C9H8BrFN4. The van der Waals surface area contributed by atoms with Crippen LogP contribution in [0.3, 0.4) is 0 Å². The molecule has 0 atom stereocenters. The fraction of sp³-hybridized carbons (Fsp3) is 0.111. The molecule has 15 heavy (non-hydrogen) atoms. The van der Waals surface area contributed by atoms with E-state index in [1.165, 1.54) is 6.07 Å². The van der Waals surface area contributed by atoms with Crippen molar-refractivity contribution in [1.29, 1.82) is 0 Å². The van der Waals surface area contributed by atoms with Crippen molar-refractivity contribution in [2.24, 2.45) is 0 Å². The van der Waals surface area contributed by atoms with Gasteiger partial charge in [0.15, 0.2) is 11.6 Å². The van der Waals surface area contributed by atoms with Crippen LogP contribution < -0.4 is 5.32 Å². The molecule has 0 saturated carbocycles. The Morgan fingerprint density at radius 2 is 2.40 bits per heavy atom. The van der Waals surface area contributed by atoms with Gasteiger partial charge in [0, 0.05) is 16.9 Å². The van der Waals surface area contributed by atoms with Crippen molar-refractivity contribution in [3.05, 3.63) is 40.5 Å². The average Bonchev–Trinajstić information content (AvgIpc) is 2.69. The first kappa shape index (κ1) is 10.1. The van der Waals surface area contributed by atoms with E-state index < -0.39 is 0 Å². The summed E-state index contributed by atoms with van der Waals surface area (Å²) in [5.41, 5.74) is 0.874. The summed E-state index contributed by atoms with van der Waals surface area (Å²) in [5.74, 6) is -0.156. The molecule has 2 aromatic rings. The quantitative estimate of drug-likeness (QED) is 0.900. The standard InChI is InChI=1S/C9H8BrFN4/c10-6-3-8(11)9(12-4-6)13-5-7-1-2-14-15-7/h1-4H,5H2,(H,12,13)(H,14,15). The monoisotopic (exact) mass is 270 g/mol. The number of aromatic amines is 1. The molecule has 0 amide bonds. The summed E-state index contributed by atoms with van der Waals surface area (Å²) < 4.78 is 13.9. The molecule has 0 fully saturated rings. The molecule has 78 valence electrons. The van der Waals surface area contributed by atoms with Gasteiger partial charge in [0.25, 0.3) is 0 Å². The fourth-order valence-corrected chi connectivity index (χ4v) is 1.41. The van der Waals surface area contributed by atoms with E-state index in [4.69, 9.17) is 0 Å². The largest absolute Gasteiger partial charge is 0.362 e. The molecule has 0 spiro atoms. The second kappa shape index (κ2) is 4.39. The molecule has 2 heterocycles. The Kier molecular flexibility index (Phi) is 2.96. The van der Waals surface area contributed by atoms with Crippen LogP contribution in [-0.4, -0.2) is 15.2 Å². The summed E-state index contributed by atoms with van der Waals surface area (Å²) in [6, 6.07) is 3.17. The van der Waals surface area contributed by atoms with Gasteiger partial charge in [0.05, 0.1) is 12.2 Å². The maximum atomic E-state index is 13.3. The molecule has 0 bridgehead atoms. The van der Waals surface area contributed by atoms with Gasteiger partial charge < -0.3 is 5.32 Å². The van der Waals surface area contributed by atoms with E-state index in [9.17, 15) is 4.39 Å². The van der Waals surface area contributed by atoms with Crippen LogP contribution in [0.1, 0.15) is 5.69 Å². The Hall–Kier alpha value is -1.43. The molecule has 2 aromatic heterocycles. The lowest BCUT2D eigenvalue weighted by atomic mass is 10.4. The Morgan fingerprint density at radius 3 is 3.07 bits per heavy atom. The average molecular weight is 271 g/mol. The molecule has 6 heteroatoms. The molecule has 0 unspecified atom stereocenters. The van der Waals surface area contributed by atoms with E-state index in [0.29, 0.717) is 11.0 Å². The Balaban J connectivity index is 2.05. The lowest BCUT2D eigenvalue weighted by Gasteiger charge is -2.04. The Bertz CT molecular complexity index is 443. The lowest BCUT2D eigenvalue weighted by Crippen LogP contribution is -2.03. The number of rotatable bonds is 3. The van der Waals surface area contributed by atoms with Gasteiger partial charge in [0.1, 0.15) is 0 Å². The van der Waals surface area contributed by atoms with Gasteiger partial charge in [-0.25, -0.2) is 9.37 Å². The molecule has 0 radical (unpaired) electrons. The van der Waals surface area contributed by atoms with Crippen LogP contribution >= 0.6 is 15.9 Å². The number of H-pyrrole nitrogens is 1. The topological polar surface area (TPSA) is 53.6 Å². The van der Waals surface area contributed by atoms with Gasteiger partial charge in [-0.05, 0) is 28.1 Å². The minimum Gasteiger partial charge on any atom is -0.362 e. The first-order valence-electron chi connectivity index (χ1n) is 4.29. The van der Waals surface area contributed by atoms with Crippen LogP contribution in [-0.2, 0) is 6.54 Å². The molecule has 2 rings (SSSR count). The molecule has 0 aromatic carbocycles. The summed E-state index contributed by atoms with van der Waals surface area (Å²) in [5, 5.41) is 9.41. The molecule has 0 saturated heterocycles. The second-order valence-corrected chi connectivity index (χ2v) is 3.84. The summed E-state index contributed by atoms with van der Waals surface area (Å²) in [4.78, 5) is 3.91. The predicted molar refractivity (Wildman–Crippen MR) is 57.8 cm³/mol. The summed E-state index contributed by atoms with van der Waals surface area (Å²) in [7, 11) is 0. The fourth-order valence-electron chi connectivity index (χ4n) is 1.11. The smallest absolute Gasteiger partial charge is 0.166 e. The van der Waals surface area contributed by atoms with Gasteiger partial charge in [-0.1, -0.05) is 0 Å². The molecule has 0 aliphatic rings.